The van der Waals surface area contributed by atoms with Crippen LogP contribution < -0.4 is 0 Å². The summed E-state index contributed by atoms with van der Waals surface area (Å²) in [6.07, 6.45) is 2.10. The molecule has 3 heterocycles. The predicted molar refractivity (Wildman–Crippen MR) is 84.4 cm³/mol. The van der Waals surface area contributed by atoms with Crippen molar-refractivity contribution in [2.45, 2.75) is 32.1 Å². The largest absolute Gasteiger partial charge is 0.381 e. The zero-order valence-corrected chi connectivity index (χ0v) is 13.4. The van der Waals surface area contributed by atoms with Crippen LogP contribution in [0.4, 0.5) is 0 Å². The molecular formula is C17H18N4O3. The summed E-state index contributed by atoms with van der Waals surface area (Å²) in [4.78, 5) is 8.89. The van der Waals surface area contributed by atoms with Crippen LogP contribution in [-0.4, -0.2) is 33.5 Å². The maximum atomic E-state index is 5.35. The summed E-state index contributed by atoms with van der Waals surface area (Å²) in [6, 6.07) is 7.96. The lowest BCUT2D eigenvalue weighted by Crippen LogP contribution is -2.00. The maximum Gasteiger partial charge on any atom is 0.227 e. The maximum absolute atomic E-state index is 5.35. The first kappa shape index (κ1) is 15.0. The molecular weight excluding hydrogens is 308 g/mol. The zero-order chi connectivity index (χ0) is 16.4. The van der Waals surface area contributed by atoms with Crippen LogP contribution in [0.2, 0.25) is 0 Å². The molecule has 3 aromatic rings. The van der Waals surface area contributed by atoms with Crippen molar-refractivity contribution in [1.82, 2.24) is 20.3 Å². The van der Waals surface area contributed by atoms with E-state index < -0.39 is 0 Å². The Hall–Kier alpha value is -2.54. The van der Waals surface area contributed by atoms with Gasteiger partial charge < -0.3 is 13.8 Å². The standard InChI is InChI=1S/C17H18N4O3/c1-11-4-2-3-5-13(11)17-19-15(24-21-17)7-6-14-18-16(20-23-14)12-8-9-22-10-12/h2-5,12H,6-10H2,1H3. The van der Waals surface area contributed by atoms with Crippen LogP contribution in [0.15, 0.2) is 33.3 Å². The number of ether oxygens (including phenoxy) is 1. The predicted octanol–water partition coefficient (Wildman–Crippen LogP) is 2.72. The van der Waals surface area contributed by atoms with E-state index in [0.29, 0.717) is 37.1 Å². The molecule has 0 radical (unpaired) electrons. The SMILES string of the molecule is Cc1ccccc1-c1noc(CCc2nc(C3CCOC3)no2)n1. The molecule has 1 unspecified atom stereocenters. The van der Waals surface area contributed by atoms with Crippen LogP contribution in [-0.2, 0) is 17.6 Å². The van der Waals surface area contributed by atoms with E-state index in [0.717, 1.165) is 30.0 Å². The van der Waals surface area contributed by atoms with Gasteiger partial charge >= 0.3 is 0 Å². The van der Waals surface area contributed by atoms with E-state index in [-0.39, 0.29) is 5.92 Å². The first-order valence-corrected chi connectivity index (χ1v) is 8.08. The molecule has 7 heteroatoms. The Morgan fingerprint density at radius 1 is 1.04 bits per heavy atom. The van der Waals surface area contributed by atoms with Gasteiger partial charge in [0, 0.05) is 30.9 Å². The lowest BCUT2D eigenvalue weighted by Gasteiger charge is -1.98. The Labute approximate surface area is 139 Å². The number of hydrogen-bond acceptors (Lipinski definition) is 7. The van der Waals surface area contributed by atoms with Gasteiger partial charge in [0.1, 0.15) is 0 Å². The molecule has 124 valence electrons. The van der Waals surface area contributed by atoms with Crippen LogP contribution in [0.3, 0.4) is 0 Å². The Bertz CT molecular complexity index is 821. The molecule has 0 saturated carbocycles. The van der Waals surface area contributed by atoms with Crippen molar-refractivity contribution in [2.24, 2.45) is 0 Å². The van der Waals surface area contributed by atoms with Gasteiger partial charge in [-0.1, -0.05) is 34.6 Å². The molecule has 1 fully saturated rings. The summed E-state index contributed by atoms with van der Waals surface area (Å²) < 4.78 is 16.0. The van der Waals surface area contributed by atoms with Crippen molar-refractivity contribution < 1.29 is 13.8 Å². The van der Waals surface area contributed by atoms with Gasteiger partial charge in [0.05, 0.1) is 6.61 Å². The van der Waals surface area contributed by atoms with E-state index in [4.69, 9.17) is 13.8 Å². The average molecular weight is 326 g/mol. The second-order valence-electron chi connectivity index (χ2n) is 5.93. The van der Waals surface area contributed by atoms with Crippen molar-refractivity contribution in [1.29, 1.82) is 0 Å². The lowest BCUT2D eigenvalue weighted by molar-refractivity contribution is 0.192. The van der Waals surface area contributed by atoms with Gasteiger partial charge in [-0.2, -0.15) is 9.97 Å². The van der Waals surface area contributed by atoms with Crippen LogP contribution in [0.25, 0.3) is 11.4 Å². The van der Waals surface area contributed by atoms with Crippen molar-refractivity contribution in [3.8, 4) is 11.4 Å². The number of hydrogen-bond donors (Lipinski definition) is 0. The minimum absolute atomic E-state index is 0.249. The third-order valence-electron chi connectivity index (χ3n) is 4.19. The highest BCUT2D eigenvalue weighted by Crippen LogP contribution is 2.23. The third-order valence-corrected chi connectivity index (χ3v) is 4.19. The summed E-state index contributed by atoms with van der Waals surface area (Å²) in [5.41, 5.74) is 2.10. The Morgan fingerprint density at radius 3 is 2.62 bits per heavy atom. The molecule has 0 N–H and O–H groups in total. The first-order chi connectivity index (χ1) is 11.8. The second kappa shape index (κ2) is 6.52. The topological polar surface area (TPSA) is 87.1 Å². The van der Waals surface area contributed by atoms with E-state index in [1.54, 1.807) is 0 Å². The molecule has 0 spiro atoms. The quantitative estimate of drug-likeness (QED) is 0.712. The van der Waals surface area contributed by atoms with Crippen LogP contribution in [0.1, 0.15) is 35.5 Å². The van der Waals surface area contributed by atoms with E-state index in [1.165, 1.54) is 0 Å². The van der Waals surface area contributed by atoms with Crippen LogP contribution >= 0.6 is 0 Å². The monoisotopic (exact) mass is 326 g/mol. The smallest absolute Gasteiger partial charge is 0.227 e. The summed E-state index contributed by atoms with van der Waals surface area (Å²) >= 11 is 0. The highest BCUT2D eigenvalue weighted by Gasteiger charge is 2.23. The van der Waals surface area contributed by atoms with E-state index in [1.807, 2.05) is 31.2 Å². The van der Waals surface area contributed by atoms with Gasteiger partial charge in [-0.05, 0) is 18.9 Å². The van der Waals surface area contributed by atoms with E-state index >= 15 is 0 Å². The van der Waals surface area contributed by atoms with Gasteiger partial charge in [-0.15, -0.1) is 0 Å². The fraction of sp³-hybridized carbons (Fsp3) is 0.412. The number of rotatable bonds is 5. The van der Waals surface area contributed by atoms with Gasteiger partial charge in [-0.25, -0.2) is 0 Å². The zero-order valence-electron chi connectivity index (χ0n) is 13.4. The van der Waals surface area contributed by atoms with Gasteiger partial charge in [0.15, 0.2) is 5.82 Å². The minimum atomic E-state index is 0.249. The van der Waals surface area contributed by atoms with Gasteiger partial charge in [0.2, 0.25) is 17.6 Å². The summed E-state index contributed by atoms with van der Waals surface area (Å²) in [7, 11) is 0. The fourth-order valence-electron chi connectivity index (χ4n) is 2.78. The van der Waals surface area contributed by atoms with Gasteiger partial charge in [0.25, 0.3) is 0 Å². The number of aryl methyl sites for hydroxylation is 3. The van der Waals surface area contributed by atoms with Crippen LogP contribution in [0, 0.1) is 6.92 Å². The highest BCUT2D eigenvalue weighted by molar-refractivity contribution is 5.58. The van der Waals surface area contributed by atoms with Crippen LogP contribution in [0.5, 0.6) is 0 Å². The van der Waals surface area contributed by atoms with Crippen molar-refractivity contribution in [2.75, 3.05) is 13.2 Å². The first-order valence-electron chi connectivity index (χ1n) is 8.08. The molecule has 1 aliphatic rings. The molecule has 7 nitrogen and oxygen atoms in total. The second-order valence-corrected chi connectivity index (χ2v) is 5.93. The molecule has 0 amide bonds. The van der Waals surface area contributed by atoms with Crippen molar-refractivity contribution >= 4 is 0 Å². The van der Waals surface area contributed by atoms with Crippen molar-refractivity contribution in [3.05, 3.63) is 47.4 Å². The molecule has 0 bridgehead atoms. The molecule has 1 saturated heterocycles. The van der Waals surface area contributed by atoms with E-state index in [9.17, 15) is 0 Å². The molecule has 1 aromatic carbocycles. The lowest BCUT2D eigenvalue weighted by atomic mass is 10.1. The summed E-state index contributed by atoms with van der Waals surface area (Å²) in [5, 5.41) is 8.10. The minimum Gasteiger partial charge on any atom is -0.381 e. The molecule has 1 aliphatic heterocycles. The summed E-state index contributed by atoms with van der Waals surface area (Å²) in [5.74, 6) is 2.74. The normalized spacial score (nSPS) is 17.5. The number of nitrogens with zero attached hydrogens (tertiary/aromatic N) is 4. The van der Waals surface area contributed by atoms with E-state index in [2.05, 4.69) is 20.3 Å². The average Bonchev–Trinajstić information content (AvgIpc) is 3.34. The van der Waals surface area contributed by atoms with Gasteiger partial charge in [-0.3, -0.25) is 0 Å². The molecule has 24 heavy (non-hydrogen) atoms. The number of benzene rings is 1. The number of aromatic nitrogens is 4. The third kappa shape index (κ3) is 3.07. The Morgan fingerprint density at radius 2 is 1.83 bits per heavy atom. The van der Waals surface area contributed by atoms with Crippen molar-refractivity contribution in [3.63, 3.8) is 0 Å². The Kier molecular flexibility index (Phi) is 4.08. The molecule has 4 rings (SSSR count). The highest BCUT2D eigenvalue weighted by atomic mass is 16.5. The molecule has 1 atom stereocenters. The molecule has 0 aliphatic carbocycles. The fourth-order valence-corrected chi connectivity index (χ4v) is 2.78. The summed E-state index contributed by atoms with van der Waals surface area (Å²) in [6.45, 7) is 3.46. The Balaban J connectivity index is 1.41. The molecule has 2 aromatic heterocycles.